The Balaban J connectivity index is 1.96. The first-order chi connectivity index (χ1) is 13.0. The van der Waals surface area contributed by atoms with Crippen LogP contribution in [0.1, 0.15) is 11.1 Å². The van der Waals surface area contributed by atoms with Gasteiger partial charge in [0.25, 0.3) is 5.69 Å². The van der Waals surface area contributed by atoms with Crippen molar-refractivity contribution in [2.24, 2.45) is 5.10 Å². The van der Waals surface area contributed by atoms with Gasteiger partial charge in [0, 0.05) is 11.1 Å². The Morgan fingerprint density at radius 3 is 2.30 bits per heavy atom. The zero-order chi connectivity index (χ0) is 19.2. The average molecular weight is 381 g/mol. The van der Waals surface area contributed by atoms with Gasteiger partial charge in [0.2, 0.25) is 0 Å². The van der Waals surface area contributed by atoms with Crippen molar-refractivity contribution in [3.8, 4) is 5.75 Å². The van der Waals surface area contributed by atoms with E-state index in [0.717, 1.165) is 17.3 Å². The van der Waals surface area contributed by atoms with E-state index in [1.54, 1.807) is 5.01 Å². The van der Waals surface area contributed by atoms with Crippen LogP contribution in [0.4, 0.5) is 11.4 Å². The molecule has 0 N–H and O–H groups in total. The number of para-hydroxylation sites is 1. The fourth-order valence-electron chi connectivity index (χ4n) is 2.52. The van der Waals surface area contributed by atoms with Gasteiger partial charge >= 0.3 is 0 Å². The van der Waals surface area contributed by atoms with E-state index < -0.39 is 16.4 Å². The zero-order valence-electron chi connectivity index (χ0n) is 14.2. The number of benzene rings is 3. The molecule has 0 amide bonds. The molecule has 0 bridgehead atoms. The maximum Gasteiger partial charge on any atom is 0.263 e. The summed E-state index contributed by atoms with van der Waals surface area (Å²) in [5.41, 5.74) is 1.33. The Bertz CT molecular complexity index is 963. The normalized spacial score (nSPS) is 10.9. The SMILES string of the molecule is O=[N+]([O-])c1cc(Cl)cc(/C=N\N(Cc2ccccc2)c2ccccc2)c1[O-]. The molecule has 7 heteroatoms. The van der Waals surface area contributed by atoms with Crippen molar-refractivity contribution in [2.45, 2.75) is 6.54 Å². The number of rotatable bonds is 6. The van der Waals surface area contributed by atoms with E-state index in [1.165, 1.54) is 12.3 Å². The van der Waals surface area contributed by atoms with Gasteiger partial charge in [0.15, 0.2) is 0 Å². The van der Waals surface area contributed by atoms with E-state index in [-0.39, 0.29) is 10.6 Å². The van der Waals surface area contributed by atoms with Crippen LogP contribution in [0.3, 0.4) is 0 Å². The average Bonchev–Trinajstić information content (AvgIpc) is 2.68. The van der Waals surface area contributed by atoms with E-state index in [9.17, 15) is 15.2 Å². The molecular formula is C20H15ClN3O3-. The third-order valence-corrected chi connectivity index (χ3v) is 4.04. The molecule has 0 saturated heterocycles. The van der Waals surface area contributed by atoms with E-state index in [0.29, 0.717) is 6.54 Å². The molecule has 0 atom stereocenters. The number of nitro groups is 1. The standard InChI is InChI=1S/C20H16ClN3O3/c21-17-11-16(20(25)19(12-17)24(26)27)13-22-23(18-9-5-2-6-10-18)14-15-7-3-1-4-8-15/h1-13,25H,14H2/p-1/b22-13-. The summed E-state index contributed by atoms with van der Waals surface area (Å²) in [7, 11) is 0. The molecule has 3 aromatic carbocycles. The molecule has 3 rings (SSSR count). The molecule has 27 heavy (non-hydrogen) atoms. The van der Waals surface area contributed by atoms with Crippen LogP contribution < -0.4 is 10.1 Å². The molecule has 0 spiro atoms. The third-order valence-electron chi connectivity index (χ3n) is 3.83. The quantitative estimate of drug-likeness (QED) is 0.361. The maximum atomic E-state index is 12.3. The van der Waals surface area contributed by atoms with Crippen molar-refractivity contribution in [2.75, 3.05) is 5.01 Å². The molecule has 0 fully saturated rings. The topological polar surface area (TPSA) is 81.8 Å². The van der Waals surface area contributed by atoms with Gasteiger partial charge in [-0.1, -0.05) is 60.1 Å². The van der Waals surface area contributed by atoms with Gasteiger partial charge in [-0.25, -0.2) is 0 Å². The van der Waals surface area contributed by atoms with Crippen LogP contribution >= 0.6 is 11.6 Å². The molecule has 6 nitrogen and oxygen atoms in total. The number of halogens is 1. The van der Waals surface area contributed by atoms with Crippen LogP contribution in [-0.4, -0.2) is 11.1 Å². The van der Waals surface area contributed by atoms with Gasteiger partial charge < -0.3 is 5.11 Å². The van der Waals surface area contributed by atoms with E-state index in [4.69, 9.17) is 11.6 Å². The third kappa shape index (κ3) is 4.62. The second kappa shape index (κ2) is 8.33. The summed E-state index contributed by atoms with van der Waals surface area (Å²) in [4.78, 5) is 10.3. The van der Waals surface area contributed by atoms with Crippen LogP contribution in [0.5, 0.6) is 5.75 Å². The van der Waals surface area contributed by atoms with Crippen LogP contribution in [0.2, 0.25) is 5.02 Å². The first-order valence-electron chi connectivity index (χ1n) is 8.10. The Labute approximate surface area is 161 Å². The molecule has 0 radical (unpaired) electrons. The highest BCUT2D eigenvalue weighted by Crippen LogP contribution is 2.30. The number of hydrogen-bond acceptors (Lipinski definition) is 5. The fraction of sp³-hybridized carbons (Fsp3) is 0.0500. The Morgan fingerprint density at radius 1 is 1.04 bits per heavy atom. The van der Waals surface area contributed by atoms with Crippen molar-refractivity contribution in [3.05, 3.63) is 99.1 Å². The van der Waals surface area contributed by atoms with Gasteiger partial charge in [0.1, 0.15) is 0 Å². The maximum absolute atomic E-state index is 12.3. The molecule has 0 saturated carbocycles. The molecule has 3 aromatic rings. The summed E-state index contributed by atoms with van der Waals surface area (Å²) in [5, 5.41) is 29.5. The first kappa shape index (κ1) is 18.4. The smallest absolute Gasteiger partial charge is 0.263 e. The van der Waals surface area contributed by atoms with Crippen molar-refractivity contribution in [1.29, 1.82) is 0 Å². The summed E-state index contributed by atoms with van der Waals surface area (Å²) in [6.07, 6.45) is 1.30. The molecular weight excluding hydrogens is 366 g/mol. The van der Waals surface area contributed by atoms with Crippen molar-refractivity contribution in [3.63, 3.8) is 0 Å². The summed E-state index contributed by atoms with van der Waals surface area (Å²) in [6, 6.07) is 21.6. The second-order valence-electron chi connectivity index (χ2n) is 5.72. The largest absolute Gasteiger partial charge is 0.867 e. The lowest BCUT2D eigenvalue weighted by atomic mass is 10.2. The Morgan fingerprint density at radius 2 is 1.67 bits per heavy atom. The molecule has 0 aliphatic carbocycles. The van der Waals surface area contributed by atoms with Crippen LogP contribution in [0.25, 0.3) is 0 Å². The molecule has 136 valence electrons. The fourth-order valence-corrected chi connectivity index (χ4v) is 2.74. The number of hydrazone groups is 1. The number of hydrogen-bond donors (Lipinski definition) is 0. The van der Waals surface area contributed by atoms with Gasteiger partial charge in [-0.3, -0.25) is 15.1 Å². The monoisotopic (exact) mass is 380 g/mol. The predicted molar refractivity (Wildman–Crippen MR) is 104 cm³/mol. The second-order valence-corrected chi connectivity index (χ2v) is 6.16. The van der Waals surface area contributed by atoms with E-state index >= 15 is 0 Å². The van der Waals surface area contributed by atoms with Gasteiger partial charge in [-0.05, 0) is 35.1 Å². The number of nitro benzene ring substituents is 1. The highest BCUT2D eigenvalue weighted by Gasteiger charge is 2.12. The first-order valence-corrected chi connectivity index (χ1v) is 8.48. The van der Waals surface area contributed by atoms with Gasteiger partial charge in [0.05, 0.1) is 23.4 Å². The highest BCUT2D eigenvalue weighted by molar-refractivity contribution is 6.31. The zero-order valence-corrected chi connectivity index (χ0v) is 14.9. The predicted octanol–water partition coefficient (Wildman–Crippen LogP) is 4.36. The van der Waals surface area contributed by atoms with Crippen molar-refractivity contribution in [1.82, 2.24) is 0 Å². The Hall–Kier alpha value is -3.38. The molecule has 0 heterocycles. The van der Waals surface area contributed by atoms with Crippen molar-refractivity contribution < 1.29 is 10.0 Å². The summed E-state index contributed by atoms with van der Waals surface area (Å²) < 4.78 is 0. The van der Waals surface area contributed by atoms with Gasteiger partial charge in [-0.15, -0.1) is 0 Å². The van der Waals surface area contributed by atoms with E-state index in [2.05, 4.69) is 5.10 Å². The summed E-state index contributed by atoms with van der Waals surface area (Å²) in [5.74, 6) is -0.721. The molecule has 0 aliphatic heterocycles. The minimum absolute atomic E-state index is 0.0585. The molecule has 0 aromatic heterocycles. The minimum atomic E-state index is -0.746. The van der Waals surface area contributed by atoms with Crippen molar-refractivity contribution >= 4 is 29.2 Å². The highest BCUT2D eigenvalue weighted by atomic mass is 35.5. The lowest BCUT2D eigenvalue weighted by Crippen LogP contribution is -2.16. The molecule has 0 aliphatic rings. The minimum Gasteiger partial charge on any atom is -0.867 e. The molecule has 0 unspecified atom stereocenters. The Kier molecular flexibility index (Phi) is 5.68. The number of nitrogens with zero attached hydrogens (tertiary/aromatic N) is 3. The lowest BCUT2D eigenvalue weighted by molar-refractivity contribution is -0.398. The van der Waals surface area contributed by atoms with Gasteiger partial charge in [-0.2, -0.15) is 5.10 Å². The van der Waals surface area contributed by atoms with Crippen LogP contribution in [0.15, 0.2) is 77.9 Å². The summed E-state index contributed by atoms with van der Waals surface area (Å²) >= 11 is 5.91. The van der Waals surface area contributed by atoms with Crippen LogP contribution in [0, 0.1) is 10.1 Å². The van der Waals surface area contributed by atoms with E-state index in [1.807, 2.05) is 60.7 Å². The lowest BCUT2D eigenvalue weighted by Gasteiger charge is -2.20. The van der Waals surface area contributed by atoms with Crippen LogP contribution in [-0.2, 0) is 6.54 Å². The summed E-state index contributed by atoms with van der Waals surface area (Å²) in [6.45, 7) is 0.470. The number of anilines is 1.